The highest BCUT2D eigenvalue weighted by Gasteiger charge is 2.35. The van der Waals surface area contributed by atoms with E-state index in [9.17, 15) is 18.8 Å². The summed E-state index contributed by atoms with van der Waals surface area (Å²) in [4.78, 5) is 38.3. The average molecular weight is 462 g/mol. The molecule has 0 aliphatic carbocycles. The Hall–Kier alpha value is -3.13. The van der Waals surface area contributed by atoms with Crippen LogP contribution in [0.4, 0.5) is 15.8 Å². The molecule has 0 spiro atoms. The highest BCUT2D eigenvalue weighted by atomic mass is 35.5. The summed E-state index contributed by atoms with van der Waals surface area (Å²) in [6.07, 6.45) is 0.176. The van der Waals surface area contributed by atoms with Crippen molar-refractivity contribution in [2.75, 3.05) is 29.9 Å². The summed E-state index contributed by atoms with van der Waals surface area (Å²) in [5, 5.41) is 5.36. The molecule has 0 radical (unpaired) electrons. The molecular formula is C23H25ClFN3O4. The van der Waals surface area contributed by atoms with Crippen LogP contribution >= 0.6 is 11.6 Å². The molecule has 170 valence electrons. The van der Waals surface area contributed by atoms with Gasteiger partial charge in [-0.05, 0) is 48.4 Å². The quantitative estimate of drug-likeness (QED) is 0.628. The molecule has 3 amide bonds. The lowest BCUT2D eigenvalue weighted by Gasteiger charge is -2.17. The molecule has 32 heavy (non-hydrogen) atoms. The van der Waals surface area contributed by atoms with Crippen LogP contribution in [0.5, 0.6) is 5.75 Å². The molecule has 1 aliphatic heterocycles. The minimum Gasteiger partial charge on any atom is -0.484 e. The van der Waals surface area contributed by atoms with Crippen molar-refractivity contribution in [3.8, 4) is 5.75 Å². The zero-order valence-corrected chi connectivity index (χ0v) is 18.6. The first-order valence-corrected chi connectivity index (χ1v) is 10.7. The molecule has 2 aromatic rings. The number of carbonyl (C=O) groups is 3. The Bertz CT molecular complexity index is 997. The van der Waals surface area contributed by atoms with Gasteiger partial charge in [0.2, 0.25) is 11.8 Å². The molecule has 0 aromatic heterocycles. The number of anilines is 2. The Kier molecular flexibility index (Phi) is 7.69. The van der Waals surface area contributed by atoms with Crippen molar-refractivity contribution in [3.63, 3.8) is 0 Å². The first-order chi connectivity index (χ1) is 15.2. The molecule has 0 saturated carbocycles. The van der Waals surface area contributed by atoms with Gasteiger partial charge < -0.3 is 20.3 Å². The number of hydrogen-bond donors (Lipinski definition) is 2. The van der Waals surface area contributed by atoms with Crippen LogP contribution in [0.15, 0.2) is 42.5 Å². The molecule has 1 heterocycles. The van der Waals surface area contributed by atoms with Crippen LogP contribution in [0.1, 0.15) is 20.3 Å². The van der Waals surface area contributed by atoms with E-state index in [1.54, 1.807) is 29.2 Å². The van der Waals surface area contributed by atoms with Crippen LogP contribution in [-0.2, 0) is 14.4 Å². The number of hydrogen-bond acceptors (Lipinski definition) is 4. The fourth-order valence-corrected chi connectivity index (χ4v) is 3.40. The van der Waals surface area contributed by atoms with Crippen LogP contribution in [0.3, 0.4) is 0 Å². The smallest absolute Gasteiger partial charge is 0.262 e. The lowest BCUT2D eigenvalue weighted by Crippen LogP contribution is -2.35. The Labute approximate surface area is 190 Å². The molecule has 0 bridgehead atoms. The molecule has 2 N–H and O–H groups in total. The van der Waals surface area contributed by atoms with Crippen LogP contribution < -0.4 is 20.3 Å². The SMILES string of the molecule is CC(C)CNC(=O)[C@@H]1CC(=O)N(c2ccc(OCC(=O)Nc3ccc(F)c(Cl)c3)cc2)C1. The topological polar surface area (TPSA) is 87.7 Å². The van der Waals surface area contributed by atoms with E-state index in [0.29, 0.717) is 36.1 Å². The van der Waals surface area contributed by atoms with Gasteiger partial charge in [0, 0.05) is 30.9 Å². The van der Waals surface area contributed by atoms with Crippen LogP contribution in [0.25, 0.3) is 0 Å². The van der Waals surface area contributed by atoms with E-state index in [-0.39, 0.29) is 35.8 Å². The maximum Gasteiger partial charge on any atom is 0.262 e. The molecule has 1 aliphatic rings. The van der Waals surface area contributed by atoms with Gasteiger partial charge in [-0.2, -0.15) is 0 Å². The molecule has 9 heteroatoms. The summed E-state index contributed by atoms with van der Waals surface area (Å²) in [6, 6.07) is 10.6. The van der Waals surface area contributed by atoms with Gasteiger partial charge in [0.25, 0.3) is 5.91 Å². The molecule has 1 fully saturated rings. The molecule has 7 nitrogen and oxygen atoms in total. The van der Waals surface area contributed by atoms with E-state index in [1.165, 1.54) is 12.1 Å². The molecule has 3 rings (SSSR count). The summed E-state index contributed by atoms with van der Waals surface area (Å²) in [7, 11) is 0. The third-order valence-electron chi connectivity index (χ3n) is 4.90. The maximum atomic E-state index is 13.2. The van der Waals surface area contributed by atoms with Crippen molar-refractivity contribution in [3.05, 3.63) is 53.3 Å². The zero-order chi connectivity index (χ0) is 23.3. The second-order valence-electron chi connectivity index (χ2n) is 8.00. The van der Waals surface area contributed by atoms with Crippen molar-refractivity contribution in [2.45, 2.75) is 20.3 Å². The zero-order valence-electron chi connectivity index (χ0n) is 17.9. The molecular weight excluding hydrogens is 437 g/mol. The standard InChI is InChI=1S/C23H25ClFN3O4/c1-14(2)11-26-23(31)15-9-22(30)28(12-15)17-4-6-18(7-5-17)32-13-21(29)27-16-3-8-20(25)19(24)10-16/h3-8,10,14-15H,9,11-13H2,1-2H3,(H,26,31)(H,27,29)/t15-/m1/s1. The number of benzene rings is 2. The molecule has 2 aromatic carbocycles. The second-order valence-corrected chi connectivity index (χ2v) is 8.41. The fraction of sp³-hybridized carbons (Fsp3) is 0.348. The lowest BCUT2D eigenvalue weighted by atomic mass is 10.1. The van der Waals surface area contributed by atoms with Gasteiger partial charge in [0.15, 0.2) is 6.61 Å². The first kappa shape index (κ1) is 23.5. The Balaban J connectivity index is 1.51. The largest absolute Gasteiger partial charge is 0.484 e. The van der Waals surface area contributed by atoms with Crippen molar-refractivity contribution in [2.24, 2.45) is 11.8 Å². The molecule has 1 atom stereocenters. The number of halogens is 2. The predicted molar refractivity (Wildman–Crippen MR) is 120 cm³/mol. The highest BCUT2D eigenvalue weighted by Crippen LogP contribution is 2.27. The number of amides is 3. The van der Waals surface area contributed by atoms with E-state index in [4.69, 9.17) is 16.3 Å². The Morgan fingerprint density at radius 1 is 1.22 bits per heavy atom. The van der Waals surface area contributed by atoms with Crippen molar-refractivity contribution >= 4 is 40.7 Å². The molecule has 0 unspecified atom stereocenters. The van der Waals surface area contributed by atoms with Crippen molar-refractivity contribution < 1.29 is 23.5 Å². The van der Waals surface area contributed by atoms with Gasteiger partial charge in [-0.1, -0.05) is 25.4 Å². The summed E-state index contributed by atoms with van der Waals surface area (Å²) in [6.45, 7) is 4.67. The third kappa shape index (κ3) is 6.20. The van der Waals surface area contributed by atoms with Crippen molar-refractivity contribution in [1.29, 1.82) is 0 Å². The summed E-state index contributed by atoms with van der Waals surface area (Å²) < 4.78 is 18.7. The van der Waals surface area contributed by atoms with Gasteiger partial charge in [-0.15, -0.1) is 0 Å². The Morgan fingerprint density at radius 3 is 2.59 bits per heavy atom. The number of ether oxygens (including phenoxy) is 1. The predicted octanol–water partition coefficient (Wildman–Crippen LogP) is 3.62. The van der Waals surface area contributed by atoms with Gasteiger partial charge in [-0.3, -0.25) is 14.4 Å². The van der Waals surface area contributed by atoms with Crippen molar-refractivity contribution in [1.82, 2.24) is 5.32 Å². The average Bonchev–Trinajstić information content (AvgIpc) is 3.15. The number of nitrogens with one attached hydrogen (secondary N) is 2. The van der Waals surface area contributed by atoms with Crippen LogP contribution in [-0.4, -0.2) is 37.4 Å². The number of carbonyl (C=O) groups excluding carboxylic acids is 3. The fourth-order valence-electron chi connectivity index (χ4n) is 3.22. The van der Waals surface area contributed by atoms with Gasteiger partial charge in [0.1, 0.15) is 11.6 Å². The number of rotatable bonds is 8. The minimum atomic E-state index is -0.569. The van der Waals surface area contributed by atoms with E-state index in [1.807, 2.05) is 13.8 Å². The van der Waals surface area contributed by atoms with E-state index in [0.717, 1.165) is 6.07 Å². The highest BCUT2D eigenvalue weighted by molar-refractivity contribution is 6.31. The summed E-state index contributed by atoms with van der Waals surface area (Å²) >= 11 is 5.70. The van der Waals surface area contributed by atoms with Gasteiger partial charge in [0.05, 0.1) is 10.9 Å². The number of nitrogens with zero attached hydrogens (tertiary/aromatic N) is 1. The van der Waals surface area contributed by atoms with Crippen LogP contribution in [0, 0.1) is 17.7 Å². The summed E-state index contributed by atoms with van der Waals surface area (Å²) in [5.74, 6) is -0.805. The van der Waals surface area contributed by atoms with Gasteiger partial charge in [-0.25, -0.2) is 4.39 Å². The van der Waals surface area contributed by atoms with E-state index >= 15 is 0 Å². The third-order valence-corrected chi connectivity index (χ3v) is 5.19. The van der Waals surface area contributed by atoms with Crippen LogP contribution in [0.2, 0.25) is 5.02 Å². The lowest BCUT2D eigenvalue weighted by molar-refractivity contribution is -0.126. The maximum absolute atomic E-state index is 13.2. The second kappa shape index (κ2) is 10.5. The minimum absolute atomic E-state index is 0.0876. The normalized spacial score (nSPS) is 15.7. The monoisotopic (exact) mass is 461 g/mol. The van der Waals surface area contributed by atoms with E-state index < -0.39 is 11.7 Å². The summed E-state index contributed by atoms with van der Waals surface area (Å²) in [5.41, 5.74) is 1.02. The van der Waals surface area contributed by atoms with E-state index in [2.05, 4.69) is 10.6 Å². The van der Waals surface area contributed by atoms with Gasteiger partial charge >= 0.3 is 0 Å². The Morgan fingerprint density at radius 2 is 1.94 bits per heavy atom. The molecule has 1 saturated heterocycles. The first-order valence-electron chi connectivity index (χ1n) is 10.3.